The molecule has 0 amide bonds. The van der Waals surface area contributed by atoms with Gasteiger partial charge in [0.2, 0.25) is 0 Å². The summed E-state index contributed by atoms with van der Waals surface area (Å²) in [7, 11) is 0. The lowest BCUT2D eigenvalue weighted by molar-refractivity contribution is -0.384. The molecule has 1 aromatic carbocycles. The van der Waals surface area contributed by atoms with Gasteiger partial charge in [-0.3, -0.25) is 10.1 Å². The highest BCUT2D eigenvalue weighted by Gasteiger charge is 2.08. The lowest BCUT2D eigenvalue weighted by Gasteiger charge is -2.06. The van der Waals surface area contributed by atoms with E-state index in [-0.39, 0.29) is 10.6 Å². The van der Waals surface area contributed by atoms with E-state index in [1.807, 2.05) is 36.9 Å². The van der Waals surface area contributed by atoms with Gasteiger partial charge in [-0.2, -0.15) is 0 Å². The van der Waals surface area contributed by atoms with Crippen LogP contribution in [0.15, 0.2) is 36.7 Å². The Balaban J connectivity index is 2.47. The number of nitro benzene ring substituents is 1. The fourth-order valence-corrected chi connectivity index (χ4v) is 1.70. The van der Waals surface area contributed by atoms with Crippen LogP contribution in [0.1, 0.15) is 11.1 Å². The Labute approximate surface area is 93.3 Å². The van der Waals surface area contributed by atoms with E-state index in [2.05, 4.69) is 0 Å². The van der Waals surface area contributed by atoms with Crippen molar-refractivity contribution in [3.8, 4) is 5.69 Å². The van der Waals surface area contributed by atoms with Crippen LogP contribution in [0.5, 0.6) is 0 Å². The molecule has 0 fully saturated rings. The molecular formula is C12H12N2O2. The molecule has 0 bridgehead atoms. The van der Waals surface area contributed by atoms with Crippen molar-refractivity contribution in [2.75, 3.05) is 0 Å². The van der Waals surface area contributed by atoms with E-state index in [9.17, 15) is 10.1 Å². The summed E-state index contributed by atoms with van der Waals surface area (Å²) in [6.45, 7) is 3.88. The number of benzene rings is 1. The molecule has 0 unspecified atom stereocenters. The van der Waals surface area contributed by atoms with Gasteiger partial charge >= 0.3 is 0 Å². The van der Waals surface area contributed by atoms with Crippen LogP contribution in [0.25, 0.3) is 5.69 Å². The zero-order chi connectivity index (χ0) is 11.7. The Morgan fingerprint density at radius 2 is 2.00 bits per heavy atom. The Morgan fingerprint density at radius 1 is 1.25 bits per heavy atom. The molecule has 16 heavy (non-hydrogen) atoms. The molecule has 0 aliphatic rings. The zero-order valence-electron chi connectivity index (χ0n) is 9.18. The average molecular weight is 216 g/mol. The predicted octanol–water partition coefficient (Wildman–Crippen LogP) is 3.00. The van der Waals surface area contributed by atoms with Crippen LogP contribution in [-0.2, 0) is 0 Å². The fourth-order valence-electron chi connectivity index (χ4n) is 1.70. The third-order valence-corrected chi connectivity index (χ3v) is 2.51. The van der Waals surface area contributed by atoms with Crippen LogP contribution in [0, 0.1) is 24.0 Å². The van der Waals surface area contributed by atoms with Gasteiger partial charge < -0.3 is 4.57 Å². The summed E-state index contributed by atoms with van der Waals surface area (Å²) in [4.78, 5) is 10.2. The number of hydrogen-bond donors (Lipinski definition) is 0. The molecule has 2 rings (SSSR count). The number of rotatable bonds is 2. The lowest BCUT2D eigenvalue weighted by Crippen LogP contribution is -1.95. The Hall–Kier alpha value is -2.10. The standard InChI is InChI=1S/C12H12N2O2/c1-9-5-6-13(8-9)12-4-3-11(14(15)16)7-10(12)2/h3-8H,1-2H3. The van der Waals surface area contributed by atoms with Gasteiger partial charge in [0, 0.05) is 30.2 Å². The van der Waals surface area contributed by atoms with Gasteiger partial charge in [-0.1, -0.05) is 0 Å². The summed E-state index contributed by atoms with van der Waals surface area (Å²) in [6, 6.07) is 6.89. The predicted molar refractivity (Wildman–Crippen MR) is 61.9 cm³/mol. The van der Waals surface area contributed by atoms with Gasteiger partial charge in [-0.15, -0.1) is 0 Å². The molecule has 0 aliphatic heterocycles. The lowest BCUT2D eigenvalue weighted by atomic mass is 10.2. The minimum atomic E-state index is -0.377. The van der Waals surface area contributed by atoms with Crippen LogP contribution < -0.4 is 0 Å². The van der Waals surface area contributed by atoms with Crippen molar-refractivity contribution in [1.82, 2.24) is 4.57 Å². The topological polar surface area (TPSA) is 48.1 Å². The number of nitro groups is 1. The van der Waals surface area contributed by atoms with Crippen molar-refractivity contribution in [3.05, 3.63) is 57.9 Å². The van der Waals surface area contributed by atoms with Crippen LogP contribution >= 0.6 is 0 Å². The smallest absolute Gasteiger partial charge is 0.269 e. The van der Waals surface area contributed by atoms with Crippen molar-refractivity contribution < 1.29 is 4.92 Å². The summed E-state index contributed by atoms with van der Waals surface area (Å²) < 4.78 is 1.97. The summed E-state index contributed by atoms with van der Waals surface area (Å²) in [5.41, 5.74) is 3.16. The quantitative estimate of drug-likeness (QED) is 0.572. The van der Waals surface area contributed by atoms with Gasteiger partial charge in [0.15, 0.2) is 0 Å². The highest BCUT2D eigenvalue weighted by atomic mass is 16.6. The molecule has 1 aromatic heterocycles. The molecule has 82 valence electrons. The first kappa shape index (κ1) is 10.4. The minimum absolute atomic E-state index is 0.130. The fraction of sp³-hybridized carbons (Fsp3) is 0.167. The van der Waals surface area contributed by atoms with E-state index >= 15 is 0 Å². The van der Waals surface area contributed by atoms with Crippen molar-refractivity contribution in [2.45, 2.75) is 13.8 Å². The minimum Gasteiger partial charge on any atom is -0.323 e. The van der Waals surface area contributed by atoms with Gasteiger partial charge in [0.25, 0.3) is 5.69 Å². The number of hydrogen-bond acceptors (Lipinski definition) is 2. The normalized spacial score (nSPS) is 10.4. The second-order valence-electron chi connectivity index (χ2n) is 3.82. The third-order valence-electron chi connectivity index (χ3n) is 2.51. The maximum absolute atomic E-state index is 10.6. The summed E-state index contributed by atoms with van der Waals surface area (Å²) in [5, 5.41) is 10.6. The molecule has 2 aromatic rings. The van der Waals surface area contributed by atoms with Crippen LogP contribution in [0.4, 0.5) is 5.69 Å². The van der Waals surface area contributed by atoms with Crippen molar-refractivity contribution in [2.24, 2.45) is 0 Å². The number of aromatic nitrogens is 1. The van der Waals surface area contributed by atoms with Crippen LogP contribution in [0.3, 0.4) is 0 Å². The largest absolute Gasteiger partial charge is 0.323 e. The molecule has 0 saturated heterocycles. The summed E-state index contributed by atoms with van der Waals surface area (Å²) in [5.74, 6) is 0. The zero-order valence-corrected chi connectivity index (χ0v) is 9.18. The Bertz CT molecular complexity index is 544. The highest BCUT2D eigenvalue weighted by molar-refractivity contribution is 5.48. The maximum atomic E-state index is 10.6. The average Bonchev–Trinajstić information content (AvgIpc) is 2.64. The number of aryl methyl sites for hydroxylation is 2. The SMILES string of the molecule is Cc1ccn(-c2ccc([N+](=O)[O-])cc2C)c1. The number of nitrogens with zero attached hydrogens (tertiary/aromatic N) is 2. The van der Waals surface area contributed by atoms with Crippen LogP contribution in [0.2, 0.25) is 0 Å². The van der Waals surface area contributed by atoms with Crippen molar-refractivity contribution in [1.29, 1.82) is 0 Å². The molecule has 1 heterocycles. The Morgan fingerprint density at radius 3 is 2.50 bits per heavy atom. The first-order valence-electron chi connectivity index (χ1n) is 4.98. The summed E-state index contributed by atoms with van der Waals surface area (Å²) in [6.07, 6.45) is 3.94. The van der Waals surface area contributed by atoms with Gasteiger partial charge in [-0.25, -0.2) is 0 Å². The molecule has 4 nitrogen and oxygen atoms in total. The van der Waals surface area contributed by atoms with Gasteiger partial charge in [0.05, 0.1) is 4.92 Å². The second kappa shape index (κ2) is 3.81. The molecular weight excluding hydrogens is 204 g/mol. The van der Waals surface area contributed by atoms with E-state index in [4.69, 9.17) is 0 Å². The monoisotopic (exact) mass is 216 g/mol. The third kappa shape index (κ3) is 1.82. The van der Waals surface area contributed by atoms with Crippen molar-refractivity contribution >= 4 is 5.69 Å². The van der Waals surface area contributed by atoms with Gasteiger partial charge in [-0.05, 0) is 37.1 Å². The van der Waals surface area contributed by atoms with Crippen molar-refractivity contribution in [3.63, 3.8) is 0 Å². The molecule has 4 heteroatoms. The maximum Gasteiger partial charge on any atom is 0.269 e. The molecule has 0 atom stereocenters. The molecule has 0 saturated carbocycles. The Kier molecular flexibility index (Phi) is 2.48. The molecule has 0 radical (unpaired) electrons. The van der Waals surface area contributed by atoms with E-state index in [1.165, 1.54) is 6.07 Å². The van der Waals surface area contributed by atoms with E-state index in [1.54, 1.807) is 12.1 Å². The molecule has 0 aliphatic carbocycles. The molecule has 0 spiro atoms. The van der Waals surface area contributed by atoms with E-state index < -0.39 is 0 Å². The highest BCUT2D eigenvalue weighted by Crippen LogP contribution is 2.20. The number of non-ortho nitro benzene ring substituents is 1. The van der Waals surface area contributed by atoms with Crippen LogP contribution in [-0.4, -0.2) is 9.49 Å². The summed E-state index contributed by atoms with van der Waals surface area (Å²) >= 11 is 0. The van der Waals surface area contributed by atoms with E-state index in [0.717, 1.165) is 16.8 Å². The van der Waals surface area contributed by atoms with Gasteiger partial charge in [0.1, 0.15) is 0 Å². The first-order chi connectivity index (χ1) is 7.58. The van der Waals surface area contributed by atoms with E-state index in [0.29, 0.717) is 0 Å². The molecule has 0 N–H and O–H groups in total. The first-order valence-corrected chi connectivity index (χ1v) is 4.98. The second-order valence-corrected chi connectivity index (χ2v) is 3.82.